The van der Waals surface area contributed by atoms with Gasteiger partial charge in [0.15, 0.2) is 5.58 Å². The van der Waals surface area contributed by atoms with Crippen LogP contribution in [0.3, 0.4) is 0 Å². The number of esters is 1. The van der Waals surface area contributed by atoms with Gasteiger partial charge < -0.3 is 19.6 Å². The normalized spacial score (nSPS) is 14.2. The van der Waals surface area contributed by atoms with Crippen LogP contribution in [0.4, 0.5) is 5.69 Å². The summed E-state index contributed by atoms with van der Waals surface area (Å²) in [5, 5.41) is 11.7. The number of ether oxygens (including phenoxy) is 1. The van der Waals surface area contributed by atoms with E-state index in [1.165, 1.54) is 7.11 Å². The highest BCUT2D eigenvalue weighted by molar-refractivity contribution is 6.17. The standard InChI is InChI=1S/C15H13N3O6/c1-23-15(22)13-17-9-6-8(2-3-11(9)24-13)16-10-7-12(20)18(4-5-19)14(10)21/h2-3,6-7,16,19H,4-5H2,1H3. The monoisotopic (exact) mass is 331 g/mol. The topological polar surface area (TPSA) is 122 Å². The van der Waals surface area contributed by atoms with Gasteiger partial charge in [0, 0.05) is 11.8 Å². The average Bonchev–Trinajstić information content (AvgIpc) is 3.10. The lowest BCUT2D eigenvalue weighted by molar-refractivity contribution is -0.137. The first-order valence-corrected chi connectivity index (χ1v) is 6.98. The second-order valence-electron chi connectivity index (χ2n) is 4.89. The van der Waals surface area contributed by atoms with Crippen molar-refractivity contribution in [1.29, 1.82) is 0 Å². The SMILES string of the molecule is COC(=O)c1nc2cc(NC3=CC(=O)N(CCO)C3=O)ccc2o1. The van der Waals surface area contributed by atoms with E-state index in [0.717, 1.165) is 11.0 Å². The fraction of sp³-hybridized carbons (Fsp3) is 0.200. The molecule has 3 rings (SSSR count). The Morgan fingerprint density at radius 2 is 2.21 bits per heavy atom. The van der Waals surface area contributed by atoms with Gasteiger partial charge in [-0.2, -0.15) is 0 Å². The van der Waals surface area contributed by atoms with Crippen molar-refractivity contribution in [3.05, 3.63) is 35.9 Å². The van der Waals surface area contributed by atoms with Gasteiger partial charge >= 0.3 is 11.9 Å². The lowest BCUT2D eigenvalue weighted by atomic mass is 10.2. The van der Waals surface area contributed by atoms with Gasteiger partial charge in [0.25, 0.3) is 11.8 Å². The molecule has 9 heteroatoms. The van der Waals surface area contributed by atoms with E-state index >= 15 is 0 Å². The third kappa shape index (κ3) is 2.72. The number of carbonyl (C=O) groups is 3. The Balaban J connectivity index is 1.83. The molecule has 2 N–H and O–H groups in total. The van der Waals surface area contributed by atoms with Crippen LogP contribution in [-0.4, -0.2) is 53.0 Å². The third-order valence-electron chi connectivity index (χ3n) is 3.36. The fourth-order valence-corrected chi connectivity index (χ4v) is 2.25. The van der Waals surface area contributed by atoms with Crippen molar-refractivity contribution >= 4 is 34.6 Å². The number of rotatable bonds is 5. The van der Waals surface area contributed by atoms with E-state index in [4.69, 9.17) is 9.52 Å². The molecule has 24 heavy (non-hydrogen) atoms. The number of amides is 2. The van der Waals surface area contributed by atoms with E-state index in [-0.39, 0.29) is 24.7 Å². The van der Waals surface area contributed by atoms with Crippen molar-refractivity contribution in [3.8, 4) is 0 Å². The summed E-state index contributed by atoms with van der Waals surface area (Å²) >= 11 is 0. The molecule has 0 fully saturated rings. The maximum Gasteiger partial charge on any atom is 0.394 e. The minimum absolute atomic E-state index is 0.0653. The second kappa shape index (κ2) is 6.13. The first kappa shape index (κ1) is 15.7. The number of aliphatic hydroxyl groups is 1. The molecule has 2 amide bonds. The molecule has 9 nitrogen and oxygen atoms in total. The molecule has 0 radical (unpaired) electrons. The zero-order valence-corrected chi connectivity index (χ0v) is 12.6. The molecular weight excluding hydrogens is 318 g/mol. The van der Waals surface area contributed by atoms with E-state index in [1.54, 1.807) is 18.2 Å². The quantitative estimate of drug-likeness (QED) is 0.591. The van der Waals surface area contributed by atoms with Crippen LogP contribution in [0.25, 0.3) is 11.1 Å². The lowest BCUT2D eigenvalue weighted by Crippen LogP contribution is -2.34. The Bertz CT molecular complexity index is 869. The zero-order chi connectivity index (χ0) is 17.3. The summed E-state index contributed by atoms with van der Waals surface area (Å²) in [7, 11) is 1.22. The smallest absolute Gasteiger partial charge is 0.394 e. The molecule has 2 heterocycles. The number of anilines is 1. The molecular formula is C15H13N3O6. The number of fused-ring (bicyclic) bond motifs is 1. The fourth-order valence-electron chi connectivity index (χ4n) is 2.25. The van der Waals surface area contributed by atoms with Crippen LogP contribution in [0.5, 0.6) is 0 Å². The van der Waals surface area contributed by atoms with Crippen molar-refractivity contribution in [2.24, 2.45) is 0 Å². The molecule has 0 saturated carbocycles. The summed E-state index contributed by atoms with van der Waals surface area (Å²) < 4.78 is 9.78. The number of β-amino-alcohol motifs (C(OH)–C–C–N with tert-alkyl or cyclic N) is 1. The molecule has 124 valence electrons. The Morgan fingerprint density at radius 1 is 1.42 bits per heavy atom. The Hall–Kier alpha value is -3.20. The summed E-state index contributed by atoms with van der Waals surface area (Å²) in [6.07, 6.45) is 1.16. The zero-order valence-electron chi connectivity index (χ0n) is 12.6. The number of carbonyl (C=O) groups excluding carboxylic acids is 3. The molecule has 1 aromatic heterocycles. The second-order valence-corrected chi connectivity index (χ2v) is 4.89. The summed E-state index contributed by atoms with van der Waals surface area (Å²) in [4.78, 5) is 40.1. The predicted molar refractivity (Wildman–Crippen MR) is 80.9 cm³/mol. The summed E-state index contributed by atoms with van der Waals surface area (Å²) in [6, 6.07) is 4.75. The van der Waals surface area contributed by atoms with Crippen molar-refractivity contribution in [1.82, 2.24) is 9.88 Å². The van der Waals surface area contributed by atoms with Gasteiger partial charge in [0.05, 0.1) is 20.3 Å². The number of nitrogens with one attached hydrogen (secondary N) is 1. The third-order valence-corrected chi connectivity index (χ3v) is 3.36. The van der Waals surface area contributed by atoms with Crippen molar-refractivity contribution < 1.29 is 28.6 Å². The van der Waals surface area contributed by atoms with Crippen molar-refractivity contribution in [2.75, 3.05) is 25.6 Å². The molecule has 0 unspecified atom stereocenters. The highest BCUT2D eigenvalue weighted by atomic mass is 16.5. The molecule has 1 aliphatic heterocycles. The van der Waals surface area contributed by atoms with Gasteiger partial charge in [0.1, 0.15) is 11.2 Å². The summed E-state index contributed by atoms with van der Waals surface area (Å²) in [6.45, 7) is -0.371. The molecule has 0 saturated heterocycles. The Labute approximate surface area is 135 Å². The number of hydrogen-bond acceptors (Lipinski definition) is 8. The molecule has 1 aliphatic rings. The van der Waals surface area contributed by atoms with E-state index < -0.39 is 17.8 Å². The lowest BCUT2D eigenvalue weighted by Gasteiger charge is -2.13. The highest BCUT2D eigenvalue weighted by Gasteiger charge is 2.30. The Morgan fingerprint density at radius 3 is 2.92 bits per heavy atom. The maximum absolute atomic E-state index is 12.1. The van der Waals surface area contributed by atoms with Gasteiger partial charge in [-0.1, -0.05) is 0 Å². The average molecular weight is 331 g/mol. The van der Waals surface area contributed by atoms with Crippen LogP contribution in [-0.2, 0) is 14.3 Å². The molecule has 0 aliphatic carbocycles. The van der Waals surface area contributed by atoms with Gasteiger partial charge in [-0.25, -0.2) is 9.78 Å². The van der Waals surface area contributed by atoms with Gasteiger partial charge in [-0.3, -0.25) is 14.5 Å². The number of nitrogens with zero attached hydrogens (tertiary/aromatic N) is 2. The number of aromatic nitrogens is 1. The molecule has 0 spiro atoms. The summed E-state index contributed by atoms with van der Waals surface area (Å²) in [5.41, 5.74) is 1.35. The predicted octanol–water partition coefficient (Wildman–Crippen LogP) is 0.271. The van der Waals surface area contributed by atoms with Crippen LogP contribution >= 0.6 is 0 Å². The minimum Gasteiger partial charge on any atom is -0.462 e. The van der Waals surface area contributed by atoms with Crippen LogP contribution in [0.1, 0.15) is 10.7 Å². The van der Waals surface area contributed by atoms with Crippen LogP contribution < -0.4 is 5.32 Å². The van der Waals surface area contributed by atoms with Crippen LogP contribution in [0.2, 0.25) is 0 Å². The summed E-state index contributed by atoms with van der Waals surface area (Å²) in [5.74, 6) is -1.89. The van der Waals surface area contributed by atoms with E-state index in [0.29, 0.717) is 16.8 Å². The van der Waals surface area contributed by atoms with Crippen molar-refractivity contribution in [3.63, 3.8) is 0 Å². The molecule has 1 aromatic carbocycles. The molecule has 2 aromatic rings. The van der Waals surface area contributed by atoms with Gasteiger partial charge in [0.2, 0.25) is 0 Å². The highest BCUT2D eigenvalue weighted by Crippen LogP contribution is 2.23. The first-order chi connectivity index (χ1) is 11.5. The van der Waals surface area contributed by atoms with E-state index in [1.807, 2.05) is 0 Å². The first-order valence-electron chi connectivity index (χ1n) is 6.98. The number of benzene rings is 1. The van der Waals surface area contributed by atoms with E-state index in [2.05, 4.69) is 15.0 Å². The van der Waals surface area contributed by atoms with Gasteiger partial charge in [-0.15, -0.1) is 0 Å². The molecule has 0 bridgehead atoms. The number of imide groups is 1. The molecule has 0 atom stereocenters. The minimum atomic E-state index is -0.695. The number of aliphatic hydroxyl groups excluding tert-OH is 1. The van der Waals surface area contributed by atoms with Crippen LogP contribution in [0, 0.1) is 0 Å². The Kier molecular flexibility index (Phi) is 4.00. The number of methoxy groups -OCH3 is 1. The number of hydrogen-bond donors (Lipinski definition) is 2. The largest absolute Gasteiger partial charge is 0.462 e. The van der Waals surface area contributed by atoms with Crippen LogP contribution in [0.15, 0.2) is 34.4 Å². The van der Waals surface area contributed by atoms with E-state index in [9.17, 15) is 14.4 Å². The van der Waals surface area contributed by atoms with Crippen molar-refractivity contribution in [2.45, 2.75) is 0 Å². The maximum atomic E-state index is 12.1. The van der Waals surface area contributed by atoms with Gasteiger partial charge in [-0.05, 0) is 18.2 Å². The number of oxazole rings is 1.